The number of ether oxygens (including phenoxy) is 1. The zero-order valence-electron chi connectivity index (χ0n) is 15.6. The fourth-order valence-electron chi connectivity index (χ4n) is 3.14. The quantitative estimate of drug-likeness (QED) is 0.612. The van der Waals surface area contributed by atoms with Crippen LogP contribution in [0, 0.1) is 0 Å². The topological polar surface area (TPSA) is 102 Å². The van der Waals surface area contributed by atoms with E-state index in [0.29, 0.717) is 35.5 Å². The molecule has 1 unspecified atom stereocenters. The van der Waals surface area contributed by atoms with Crippen LogP contribution in [-0.2, 0) is 15.8 Å². The summed E-state index contributed by atoms with van der Waals surface area (Å²) in [5.41, 5.74) is 1.00. The molecule has 1 aliphatic rings. The molecule has 0 bridgehead atoms. The second-order valence-corrected chi connectivity index (χ2v) is 8.86. The van der Waals surface area contributed by atoms with E-state index in [0.717, 1.165) is 5.82 Å². The normalized spacial score (nSPS) is 17.9. The number of para-hydroxylation sites is 1. The Labute approximate surface area is 162 Å². The maximum atomic E-state index is 12.8. The largest absolute Gasteiger partial charge is 0.472 e. The van der Waals surface area contributed by atoms with Gasteiger partial charge in [0.25, 0.3) is 0 Å². The number of nitrogens with zero attached hydrogens (tertiary/aromatic N) is 5. The van der Waals surface area contributed by atoms with Gasteiger partial charge in [0.15, 0.2) is 11.4 Å². The smallest absolute Gasteiger partial charge is 0.233 e. The molecular weight excluding hydrogens is 382 g/mol. The maximum Gasteiger partial charge on any atom is 0.233 e. The Hall–Kier alpha value is -2.72. The third kappa shape index (κ3) is 3.78. The van der Waals surface area contributed by atoms with Gasteiger partial charge < -0.3 is 14.2 Å². The Kier molecular flexibility index (Phi) is 4.90. The van der Waals surface area contributed by atoms with Crippen molar-refractivity contribution in [1.29, 1.82) is 0 Å². The first-order chi connectivity index (χ1) is 13.4. The van der Waals surface area contributed by atoms with Crippen LogP contribution in [0.1, 0.15) is 12.1 Å². The average molecular weight is 403 g/mol. The number of aromatic nitrogens is 3. The van der Waals surface area contributed by atoms with Crippen molar-refractivity contribution in [2.75, 3.05) is 32.1 Å². The molecular formula is C18H21N5O4S. The monoisotopic (exact) mass is 403 g/mol. The van der Waals surface area contributed by atoms with Gasteiger partial charge in [0.1, 0.15) is 17.6 Å². The number of hydrogen-bond acceptors (Lipinski definition) is 8. The predicted octanol–water partition coefficient (Wildman–Crippen LogP) is 1.67. The third-order valence-electron chi connectivity index (χ3n) is 4.64. The van der Waals surface area contributed by atoms with Gasteiger partial charge in [0.05, 0.1) is 6.54 Å². The highest BCUT2D eigenvalue weighted by atomic mass is 32.2. The van der Waals surface area contributed by atoms with Crippen molar-refractivity contribution >= 4 is 26.8 Å². The first-order valence-corrected chi connectivity index (χ1v) is 10.5. The van der Waals surface area contributed by atoms with Crippen LogP contribution < -0.4 is 9.64 Å². The summed E-state index contributed by atoms with van der Waals surface area (Å²) < 4.78 is 38.1. The highest BCUT2D eigenvalue weighted by Crippen LogP contribution is 2.24. The van der Waals surface area contributed by atoms with E-state index < -0.39 is 10.0 Å². The lowest BCUT2D eigenvalue weighted by Gasteiger charge is -2.16. The van der Waals surface area contributed by atoms with Crippen molar-refractivity contribution < 1.29 is 17.7 Å². The van der Waals surface area contributed by atoms with Crippen molar-refractivity contribution in [3.63, 3.8) is 0 Å². The van der Waals surface area contributed by atoms with E-state index in [4.69, 9.17) is 9.26 Å². The minimum Gasteiger partial charge on any atom is -0.472 e. The molecule has 0 saturated carbocycles. The first kappa shape index (κ1) is 18.6. The van der Waals surface area contributed by atoms with Gasteiger partial charge in [-0.1, -0.05) is 17.3 Å². The first-order valence-electron chi connectivity index (χ1n) is 8.91. The van der Waals surface area contributed by atoms with E-state index in [9.17, 15) is 8.42 Å². The van der Waals surface area contributed by atoms with Crippen molar-refractivity contribution in [3.05, 3.63) is 42.1 Å². The van der Waals surface area contributed by atoms with Crippen molar-refractivity contribution in [1.82, 2.24) is 19.7 Å². The lowest BCUT2D eigenvalue weighted by Crippen LogP contribution is -2.32. The van der Waals surface area contributed by atoms with Crippen LogP contribution in [0.25, 0.3) is 11.0 Å². The average Bonchev–Trinajstić information content (AvgIpc) is 3.30. The van der Waals surface area contributed by atoms with E-state index in [-0.39, 0.29) is 18.4 Å². The highest BCUT2D eigenvalue weighted by Gasteiger charge is 2.34. The number of rotatable bonds is 6. The van der Waals surface area contributed by atoms with Crippen LogP contribution in [0.4, 0.5) is 5.82 Å². The Morgan fingerprint density at radius 1 is 1.21 bits per heavy atom. The second kappa shape index (κ2) is 7.36. The van der Waals surface area contributed by atoms with Gasteiger partial charge in [-0.15, -0.1) is 10.2 Å². The molecule has 2 aromatic heterocycles. The molecule has 0 amide bonds. The second-order valence-electron chi connectivity index (χ2n) is 6.89. The lowest BCUT2D eigenvalue weighted by molar-refractivity contribution is 0.204. The SMILES string of the molecule is CN(C)c1ccc(OC2CCN(S(=O)(=O)Cc3noc4ccccc34)C2)nn1. The van der Waals surface area contributed by atoms with Gasteiger partial charge >= 0.3 is 0 Å². The number of benzene rings is 1. The van der Waals surface area contributed by atoms with Gasteiger partial charge in [-0.05, 0) is 24.6 Å². The van der Waals surface area contributed by atoms with Crippen LogP contribution in [0.2, 0.25) is 0 Å². The van der Waals surface area contributed by atoms with E-state index in [1.165, 1.54) is 4.31 Å². The minimum atomic E-state index is -3.53. The van der Waals surface area contributed by atoms with Crippen molar-refractivity contribution in [3.8, 4) is 5.88 Å². The molecule has 1 atom stereocenters. The molecule has 0 radical (unpaired) electrons. The van der Waals surface area contributed by atoms with Crippen molar-refractivity contribution in [2.45, 2.75) is 18.3 Å². The molecule has 4 rings (SSSR count). The standard InChI is InChI=1S/C18H21N5O4S/c1-22(2)17-7-8-18(20-19-17)26-13-9-10-23(11-13)28(24,25)12-15-14-5-3-4-6-16(14)27-21-15/h3-8,13H,9-12H2,1-2H3. The summed E-state index contributed by atoms with van der Waals surface area (Å²) in [7, 11) is 0.225. The Bertz CT molecular complexity index is 1070. The molecule has 0 spiro atoms. The fraction of sp³-hybridized carbons (Fsp3) is 0.389. The molecule has 3 aromatic rings. The highest BCUT2D eigenvalue weighted by molar-refractivity contribution is 7.88. The number of fused-ring (bicyclic) bond motifs is 1. The van der Waals surface area contributed by atoms with E-state index in [1.54, 1.807) is 12.1 Å². The summed E-state index contributed by atoms with van der Waals surface area (Å²) in [6.07, 6.45) is 0.332. The van der Waals surface area contributed by atoms with Crippen LogP contribution in [0.3, 0.4) is 0 Å². The van der Waals surface area contributed by atoms with Gasteiger partial charge in [0.2, 0.25) is 15.9 Å². The van der Waals surface area contributed by atoms with Crippen LogP contribution >= 0.6 is 0 Å². The lowest BCUT2D eigenvalue weighted by atomic mass is 10.2. The molecule has 28 heavy (non-hydrogen) atoms. The zero-order chi connectivity index (χ0) is 19.7. The van der Waals surface area contributed by atoms with Gasteiger partial charge in [-0.2, -0.15) is 4.31 Å². The number of anilines is 1. The molecule has 1 aliphatic heterocycles. The van der Waals surface area contributed by atoms with Crippen LogP contribution in [0.5, 0.6) is 5.88 Å². The summed E-state index contributed by atoms with van der Waals surface area (Å²) in [6, 6.07) is 10.8. The van der Waals surface area contributed by atoms with Gasteiger partial charge in [-0.25, -0.2) is 8.42 Å². The van der Waals surface area contributed by atoms with Crippen LogP contribution in [0.15, 0.2) is 40.9 Å². The fourth-order valence-corrected chi connectivity index (χ4v) is 4.65. The van der Waals surface area contributed by atoms with Crippen molar-refractivity contribution in [2.24, 2.45) is 0 Å². The summed E-state index contributed by atoms with van der Waals surface area (Å²) in [5.74, 6) is 0.911. The molecule has 1 fully saturated rings. The van der Waals surface area contributed by atoms with Gasteiger partial charge in [-0.3, -0.25) is 0 Å². The Morgan fingerprint density at radius 3 is 2.79 bits per heavy atom. The Morgan fingerprint density at radius 2 is 2.04 bits per heavy atom. The molecule has 148 valence electrons. The third-order valence-corrected chi connectivity index (χ3v) is 6.40. The maximum absolute atomic E-state index is 12.8. The number of hydrogen-bond donors (Lipinski definition) is 0. The summed E-state index contributed by atoms with van der Waals surface area (Å²) in [6.45, 7) is 0.668. The molecule has 3 heterocycles. The van der Waals surface area contributed by atoms with Gasteiger partial charge in [0, 0.05) is 32.1 Å². The molecule has 10 heteroatoms. The van der Waals surface area contributed by atoms with E-state index in [2.05, 4.69) is 15.4 Å². The van der Waals surface area contributed by atoms with E-state index >= 15 is 0 Å². The van der Waals surface area contributed by atoms with Crippen LogP contribution in [-0.4, -0.2) is 61.4 Å². The molecule has 1 aromatic carbocycles. The molecule has 0 aliphatic carbocycles. The summed E-state index contributed by atoms with van der Waals surface area (Å²) >= 11 is 0. The molecule has 1 saturated heterocycles. The zero-order valence-corrected chi connectivity index (χ0v) is 16.5. The summed E-state index contributed by atoms with van der Waals surface area (Å²) in [4.78, 5) is 1.84. The predicted molar refractivity (Wildman–Crippen MR) is 104 cm³/mol. The molecule has 9 nitrogen and oxygen atoms in total. The molecule has 0 N–H and O–H groups in total. The minimum absolute atomic E-state index is 0.200. The van der Waals surface area contributed by atoms with E-state index in [1.807, 2.05) is 43.3 Å². The summed E-state index contributed by atoms with van der Waals surface area (Å²) in [5, 5.41) is 12.8. The Balaban J connectivity index is 1.41. The number of sulfonamides is 1.